The van der Waals surface area contributed by atoms with Gasteiger partial charge in [0.2, 0.25) is 0 Å². The molecule has 0 spiro atoms. The summed E-state index contributed by atoms with van der Waals surface area (Å²) in [6.07, 6.45) is 8.83. The van der Waals surface area contributed by atoms with E-state index < -0.39 is 0 Å². The van der Waals surface area contributed by atoms with Crippen LogP contribution in [0.2, 0.25) is 0 Å². The molecule has 1 atom stereocenters. The van der Waals surface area contributed by atoms with E-state index in [9.17, 15) is 4.79 Å². The minimum absolute atomic E-state index is 0.185. The van der Waals surface area contributed by atoms with E-state index in [1.807, 2.05) is 24.5 Å². The first kappa shape index (κ1) is 21.4. The van der Waals surface area contributed by atoms with Gasteiger partial charge in [-0.2, -0.15) is 11.8 Å². The Balaban J connectivity index is 0.000000891. The smallest absolute Gasteiger partial charge is 0.135 e. The molecule has 24 heavy (non-hydrogen) atoms. The molecule has 0 radical (unpaired) electrons. The highest BCUT2D eigenvalue weighted by molar-refractivity contribution is 8.00. The van der Waals surface area contributed by atoms with Gasteiger partial charge in [0, 0.05) is 21.7 Å². The molecule has 134 valence electrons. The average molecular weight is 386 g/mol. The topological polar surface area (TPSA) is 49.3 Å². The molecule has 0 aliphatic heterocycles. The second kappa shape index (κ2) is 11.8. The molecule has 0 saturated carbocycles. The van der Waals surface area contributed by atoms with Crippen LogP contribution in [0.25, 0.3) is 9.75 Å². The molecule has 0 aliphatic rings. The Morgan fingerprint density at radius 1 is 1.25 bits per heavy atom. The number of rotatable bonds is 9. The first-order valence-electron chi connectivity index (χ1n) is 8.03. The molecule has 2 rings (SSSR count). The normalized spacial score (nSPS) is 13.0. The van der Waals surface area contributed by atoms with Crippen molar-refractivity contribution < 1.29 is 10.0 Å². The van der Waals surface area contributed by atoms with Crippen LogP contribution in [0.4, 0.5) is 0 Å². The highest BCUT2D eigenvalue weighted by Gasteiger charge is 2.20. The van der Waals surface area contributed by atoms with Crippen molar-refractivity contribution in [1.82, 2.24) is 5.48 Å². The Kier molecular flexibility index (Phi) is 10.5. The van der Waals surface area contributed by atoms with E-state index in [0.29, 0.717) is 0 Å². The highest BCUT2D eigenvalue weighted by atomic mass is 32.2. The van der Waals surface area contributed by atoms with Crippen LogP contribution >= 0.6 is 34.4 Å². The van der Waals surface area contributed by atoms with Gasteiger partial charge in [0.25, 0.3) is 0 Å². The van der Waals surface area contributed by atoms with Gasteiger partial charge in [-0.05, 0) is 56.0 Å². The number of carbonyl (C=O) groups is 1. The molecule has 2 N–H and O–H groups in total. The molecule has 2 aromatic heterocycles. The summed E-state index contributed by atoms with van der Waals surface area (Å²) in [6.45, 7) is 2.04. The van der Waals surface area contributed by atoms with E-state index in [0.717, 1.165) is 25.5 Å². The lowest BCUT2D eigenvalue weighted by atomic mass is 10.0. The summed E-state index contributed by atoms with van der Waals surface area (Å²) in [7, 11) is 1.43. The minimum atomic E-state index is -0.185. The summed E-state index contributed by atoms with van der Waals surface area (Å²) in [5.41, 5.74) is 1.75. The Hall–Kier alpha value is -0.660. The van der Waals surface area contributed by atoms with Crippen molar-refractivity contribution in [3.63, 3.8) is 0 Å². The third kappa shape index (κ3) is 7.49. The fourth-order valence-electron chi connectivity index (χ4n) is 2.22. The van der Waals surface area contributed by atoms with Crippen molar-refractivity contribution >= 4 is 40.7 Å². The van der Waals surface area contributed by atoms with E-state index in [1.165, 1.54) is 34.5 Å². The second-order valence-corrected chi connectivity index (χ2v) is 9.12. The van der Waals surface area contributed by atoms with Crippen molar-refractivity contribution in [2.75, 3.05) is 13.3 Å². The van der Waals surface area contributed by atoms with Crippen LogP contribution in [0.1, 0.15) is 37.5 Å². The number of aldehydes is 1. The molecule has 2 heterocycles. The number of unbranched alkanes of at least 4 members (excludes halogenated alkanes) is 2. The fraction of sp³-hybridized carbons (Fsp3) is 0.500. The number of hydrogen-bond donors (Lipinski definition) is 2. The number of aryl methyl sites for hydroxylation is 1. The number of thioether (sulfide) groups is 1. The van der Waals surface area contributed by atoms with Gasteiger partial charge in [-0.3, -0.25) is 0 Å². The number of thiophene rings is 2. The number of hydroxylamine groups is 1. The van der Waals surface area contributed by atoms with E-state index in [1.54, 1.807) is 28.6 Å². The van der Waals surface area contributed by atoms with Gasteiger partial charge in [0.05, 0.1) is 4.75 Å². The largest absolute Gasteiger partial charge is 0.317 e. The molecule has 1 unspecified atom stereocenters. The Morgan fingerprint density at radius 2 is 2.00 bits per heavy atom. The monoisotopic (exact) mass is 385 g/mol. The van der Waals surface area contributed by atoms with Gasteiger partial charge >= 0.3 is 0 Å². The van der Waals surface area contributed by atoms with E-state index in [4.69, 9.17) is 5.21 Å². The van der Waals surface area contributed by atoms with Crippen LogP contribution < -0.4 is 5.48 Å². The SMILES string of the molecule is CNO.CSC(C)(C=O)CCCCCc1ccc(-c2cccs2)s1. The maximum Gasteiger partial charge on any atom is 0.135 e. The quantitative estimate of drug-likeness (QED) is 0.340. The van der Waals surface area contributed by atoms with Gasteiger partial charge in [-0.1, -0.05) is 18.9 Å². The van der Waals surface area contributed by atoms with Crippen molar-refractivity contribution in [1.29, 1.82) is 0 Å². The van der Waals surface area contributed by atoms with Crippen molar-refractivity contribution in [3.05, 3.63) is 34.5 Å². The van der Waals surface area contributed by atoms with Gasteiger partial charge in [-0.15, -0.1) is 22.7 Å². The zero-order chi connectivity index (χ0) is 17.8. The maximum absolute atomic E-state index is 11.0. The molecule has 0 aromatic carbocycles. The standard InChI is InChI=1S/C17H22OS3.CH5NO/c1-17(13-18,19-2)11-5-3-4-7-14-9-10-16(21-14)15-8-6-12-20-15;1-2-3/h6,8-10,12-13H,3-5,7,11H2,1-2H3;2-3H,1H3. The summed E-state index contributed by atoms with van der Waals surface area (Å²) in [4.78, 5) is 15.3. The van der Waals surface area contributed by atoms with Crippen LogP contribution in [0.5, 0.6) is 0 Å². The molecular formula is C18H27NO2S3. The van der Waals surface area contributed by atoms with E-state index >= 15 is 0 Å². The zero-order valence-corrected chi connectivity index (χ0v) is 17.0. The van der Waals surface area contributed by atoms with Gasteiger partial charge < -0.3 is 10.0 Å². The van der Waals surface area contributed by atoms with Gasteiger partial charge in [0.1, 0.15) is 6.29 Å². The average Bonchev–Trinajstić information content (AvgIpc) is 3.26. The van der Waals surface area contributed by atoms with Crippen molar-refractivity contribution in [3.8, 4) is 9.75 Å². The first-order valence-corrected chi connectivity index (χ1v) is 11.0. The predicted octanol–water partition coefficient (Wildman–Crippen LogP) is 5.50. The van der Waals surface area contributed by atoms with E-state index in [-0.39, 0.29) is 4.75 Å². The molecule has 3 nitrogen and oxygen atoms in total. The number of hydrogen-bond acceptors (Lipinski definition) is 6. The summed E-state index contributed by atoms with van der Waals surface area (Å²) < 4.78 is -0.185. The molecular weight excluding hydrogens is 358 g/mol. The lowest BCUT2D eigenvalue weighted by Gasteiger charge is -2.19. The van der Waals surface area contributed by atoms with Crippen LogP contribution in [-0.2, 0) is 11.2 Å². The summed E-state index contributed by atoms with van der Waals surface area (Å²) in [5, 5.41) is 9.45. The van der Waals surface area contributed by atoms with Crippen LogP contribution in [-0.4, -0.2) is 29.5 Å². The first-order chi connectivity index (χ1) is 11.6. The third-order valence-electron chi connectivity index (χ3n) is 3.74. The number of carbonyl (C=O) groups excluding carboxylic acids is 1. The third-order valence-corrected chi connectivity index (χ3v) is 7.18. The summed E-state index contributed by atoms with van der Waals surface area (Å²) in [6, 6.07) is 8.79. The van der Waals surface area contributed by atoms with Crippen molar-refractivity contribution in [2.24, 2.45) is 0 Å². The molecule has 0 bridgehead atoms. The molecule has 2 aromatic rings. The molecule has 0 amide bonds. The maximum atomic E-state index is 11.0. The fourth-order valence-corrected chi connectivity index (χ4v) is 4.55. The Bertz CT molecular complexity index is 569. The van der Waals surface area contributed by atoms with E-state index in [2.05, 4.69) is 29.6 Å². The molecule has 0 aliphatic carbocycles. The minimum Gasteiger partial charge on any atom is -0.317 e. The van der Waals surface area contributed by atoms with Crippen molar-refractivity contribution in [2.45, 2.75) is 43.8 Å². The lowest BCUT2D eigenvalue weighted by Crippen LogP contribution is -2.21. The molecule has 6 heteroatoms. The molecule has 0 fully saturated rings. The summed E-state index contributed by atoms with van der Waals surface area (Å²) >= 11 is 5.38. The predicted molar refractivity (Wildman–Crippen MR) is 109 cm³/mol. The van der Waals surface area contributed by atoms with Gasteiger partial charge in [-0.25, -0.2) is 5.48 Å². The number of nitrogens with one attached hydrogen (secondary N) is 1. The van der Waals surface area contributed by atoms with Crippen LogP contribution in [0, 0.1) is 0 Å². The van der Waals surface area contributed by atoms with Gasteiger partial charge in [0.15, 0.2) is 0 Å². The highest BCUT2D eigenvalue weighted by Crippen LogP contribution is 2.32. The second-order valence-electron chi connectivity index (χ2n) is 5.66. The lowest BCUT2D eigenvalue weighted by molar-refractivity contribution is -0.109. The van der Waals surface area contributed by atoms with Crippen LogP contribution in [0.3, 0.4) is 0 Å². The Morgan fingerprint density at radius 3 is 2.58 bits per heavy atom. The van der Waals surface area contributed by atoms with Crippen LogP contribution in [0.15, 0.2) is 29.6 Å². The Labute approximate surface area is 157 Å². The summed E-state index contributed by atoms with van der Waals surface area (Å²) in [5.74, 6) is 0. The molecule has 0 saturated heterocycles. The zero-order valence-electron chi connectivity index (χ0n) is 14.6.